The molecule has 2 amide bonds. The van der Waals surface area contributed by atoms with Crippen molar-refractivity contribution in [2.24, 2.45) is 0 Å². The van der Waals surface area contributed by atoms with Gasteiger partial charge in [0.05, 0.1) is 11.9 Å². The Balaban J connectivity index is 2.24. The summed E-state index contributed by atoms with van der Waals surface area (Å²) < 4.78 is 26.4. The maximum Gasteiger partial charge on any atom is 0.242 e. The predicted molar refractivity (Wildman–Crippen MR) is 152 cm³/mol. The van der Waals surface area contributed by atoms with E-state index in [1.54, 1.807) is 25.1 Å². The molecule has 0 aliphatic heterocycles. The molecule has 2 atom stereocenters. The minimum Gasteiger partial charge on any atom is -0.352 e. The van der Waals surface area contributed by atoms with Crippen molar-refractivity contribution in [2.75, 3.05) is 17.1 Å². The highest BCUT2D eigenvalue weighted by molar-refractivity contribution is 7.92. The molecule has 37 heavy (non-hydrogen) atoms. The molecule has 0 saturated heterocycles. The first kappa shape index (κ1) is 30.9. The van der Waals surface area contributed by atoms with E-state index in [-0.39, 0.29) is 43.8 Å². The van der Waals surface area contributed by atoms with Gasteiger partial charge in [0.25, 0.3) is 0 Å². The molecule has 0 radical (unpaired) electrons. The number of benzene rings is 2. The van der Waals surface area contributed by atoms with Crippen LogP contribution in [0.2, 0.25) is 10.0 Å². The number of nitrogens with zero attached hydrogens (tertiary/aromatic N) is 2. The molecule has 2 aromatic rings. The number of aryl methyl sites for hydroxylation is 2. The Bertz CT molecular complexity index is 1200. The highest BCUT2D eigenvalue weighted by Crippen LogP contribution is 2.25. The smallest absolute Gasteiger partial charge is 0.242 e. The highest BCUT2D eigenvalue weighted by Gasteiger charge is 2.28. The van der Waals surface area contributed by atoms with Crippen LogP contribution in [0.4, 0.5) is 5.69 Å². The molecule has 10 heteroatoms. The van der Waals surface area contributed by atoms with E-state index in [4.69, 9.17) is 23.2 Å². The SMILES string of the molecule is CC[C@@H](C)NC(=O)[C@@H](C)N(Cc1ccc(Cl)cc1Cl)C(=O)CCCN(c1cc(C)cc(C)c1)S(C)(=O)=O. The molecule has 0 saturated carbocycles. The van der Waals surface area contributed by atoms with Gasteiger partial charge in [-0.15, -0.1) is 0 Å². The van der Waals surface area contributed by atoms with Gasteiger partial charge in [0, 0.05) is 35.6 Å². The van der Waals surface area contributed by atoms with Crippen LogP contribution in [0.5, 0.6) is 0 Å². The quantitative estimate of drug-likeness (QED) is 0.366. The van der Waals surface area contributed by atoms with Crippen LogP contribution in [0.1, 0.15) is 56.7 Å². The summed E-state index contributed by atoms with van der Waals surface area (Å²) >= 11 is 12.4. The van der Waals surface area contributed by atoms with E-state index in [2.05, 4.69) is 5.32 Å². The van der Waals surface area contributed by atoms with Gasteiger partial charge in [0.15, 0.2) is 0 Å². The predicted octanol–water partition coefficient (Wildman–Crippen LogP) is 5.49. The number of sulfonamides is 1. The zero-order valence-electron chi connectivity index (χ0n) is 22.3. The molecule has 0 spiro atoms. The third-order valence-electron chi connectivity index (χ3n) is 6.17. The van der Waals surface area contributed by atoms with Crippen molar-refractivity contribution in [1.82, 2.24) is 10.2 Å². The molecule has 0 unspecified atom stereocenters. The minimum absolute atomic E-state index is 0.0351. The molecule has 0 heterocycles. The van der Waals surface area contributed by atoms with Gasteiger partial charge in [0.2, 0.25) is 21.8 Å². The van der Waals surface area contributed by atoms with Crippen molar-refractivity contribution in [3.63, 3.8) is 0 Å². The fourth-order valence-corrected chi connectivity index (χ4v) is 5.40. The van der Waals surface area contributed by atoms with Crippen LogP contribution in [0.25, 0.3) is 0 Å². The third-order valence-corrected chi connectivity index (χ3v) is 7.95. The van der Waals surface area contributed by atoms with E-state index < -0.39 is 16.1 Å². The first-order valence-electron chi connectivity index (χ1n) is 12.3. The summed E-state index contributed by atoms with van der Waals surface area (Å²) in [5.74, 6) is -0.535. The van der Waals surface area contributed by atoms with Crippen LogP contribution in [-0.2, 0) is 26.2 Å². The summed E-state index contributed by atoms with van der Waals surface area (Å²) in [6.45, 7) is 9.62. The van der Waals surface area contributed by atoms with E-state index in [1.165, 1.54) is 9.21 Å². The first-order valence-corrected chi connectivity index (χ1v) is 14.9. The van der Waals surface area contributed by atoms with Gasteiger partial charge in [-0.3, -0.25) is 13.9 Å². The number of amides is 2. The maximum absolute atomic E-state index is 13.4. The number of carbonyl (C=O) groups excluding carboxylic acids is 2. The van der Waals surface area contributed by atoms with Crippen LogP contribution in [-0.4, -0.2) is 50.0 Å². The van der Waals surface area contributed by atoms with E-state index in [9.17, 15) is 18.0 Å². The zero-order chi connectivity index (χ0) is 27.9. The lowest BCUT2D eigenvalue weighted by Crippen LogP contribution is -2.49. The van der Waals surface area contributed by atoms with Gasteiger partial charge >= 0.3 is 0 Å². The monoisotopic (exact) mass is 569 g/mol. The Morgan fingerprint density at radius 1 is 1.03 bits per heavy atom. The molecule has 7 nitrogen and oxygen atoms in total. The zero-order valence-corrected chi connectivity index (χ0v) is 24.7. The van der Waals surface area contributed by atoms with Gasteiger partial charge in [0.1, 0.15) is 6.04 Å². The van der Waals surface area contributed by atoms with Crippen molar-refractivity contribution >= 4 is 50.7 Å². The van der Waals surface area contributed by atoms with Crippen molar-refractivity contribution in [2.45, 2.75) is 72.5 Å². The largest absolute Gasteiger partial charge is 0.352 e. The van der Waals surface area contributed by atoms with Crippen molar-refractivity contribution < 1.29 is 18.0 Å². The molecular formula is C27H37Cl2N3O4S. The number of halogens is 2. The van der Waals surface area contributed by atoms with E-state index in [0.717, 1.165) is 23.8 Å². The Morgan fingerprint density at radius 3 is 2.19 bits per heavy atom. The standard InChI is InChI=1S/C27H37Cl2N3O4S/c1-7-20(4)30-27(34)21(5)31(17-22-10-11-23(28)16-25(22)29)26(33)9-8-12-32(37(6,35)36)24-14-18(2)13-19(3)15-24/h10-11,13-16,20-21H,7-9,12,17H2,1-6H3,(H,30,34)/t20-,21-/m1/s1. The lowest BCUT2D eigenvalue weighted by Gasteiger charge is -2.30. The van der Waals surface area contributed by atoms with Gasteiger partial charge in [-0.05, 0) is 81.5 Å². The molecule has 2 aromatic carbocycles. The summed E-state index contributed by atoms with van der Waals surface area (Å²) in [5, 5.41) is 3.80. The van der Waals surface area contributed by atoms with Crippen LogP contribution in [0.3, 0.4) is 0 Å². The van der Waals surface area contributed by atoms with E-state index >= 15 is 0 Å². The number of nitrogens with one attached hydrogen (secondary N) is 1. The van der Waals surface area contributed by atoms with Crippen LogP contribution in [0.15, 0.2) is 36.4 Å². The van der Waals surface area contributed by atoms with Gasteiger partial charge in [-0.2, -0.15) is 0 Å². The van der Waals surface area contributed by atoms with Crippen molar-refractivity contribution in [3.05, 3.63) is 63.1 Å². The summed E-state index contributed by atoms with van der Waals surface area (Å²) in [6.07, 6.45) is 2.25. The second kappa shape index (κ2) is 13.5. The fourth-order valence-electron chi connectivity index (χ4n) is 3.98. The molecule has 0 aliphatic carbocycles. The Morgan fingerprint density at radius 2 is 1.65 bits per heavy atom. The van der Waals surface area contributed by atoms with Crippen molar-refractivity contribution in [3.8, 4) is 0 Å². The summed E-state index contributed by atoms with van der Waals surface area (Å²) in [4.78, 5) is 27.8. The maximum atomic E-state index is 13.4. The average molecular weight is 571 g/mol. The Kier molecular flexibility index (Phi) is 11.3. The normalized spacial score (nSPS) is 13.1. The molecule has 0 aliphatic rings. The van der Waals surface area contributed by atoms with Gasteiger partial charge < -0.3 is 10.2 Å². The number of rotatable bonds is 12. The second-order valence-electron chi connectivity index (χ2n) is 9.54. The molecule has 2 rings (SSSR count). The highest BCUT2D eigenvalue weighted by atomic mass is 35.5. The second-order valence-corrected chi connectivity index (χ2v) is 12.3. The van der Waals surface area contributed by atoms with E-state index in [1.807, 2.05) is 45.9 Å². The van der Waals surface area contributed by atoms with E-state index in [0.29, 0.717) is 21.3 Å². The van der Waals surface area contributed by atoms with Gasteiger partial charge in [-0.1, -0.05) is 42.3 Å². The Labute approximate surface area is 231 Å². The summed E-state index contributed by atoms with van der Waals surface area (Å²) in [5.41, 5.74) is 3.13. The molecule has 1 N–H and O–H groups in total. The first-order chi connectivity index (χ1) is 17.2. The summed E-state index contributed by atoms with van der Waals surface area (Å²) in [6, 6.07) is 9.82. The Hall–Kier alpha value is -2.29. The number of hydrogen-bond donors (Lipinski definition) is 1. The molecule has 0 bridgehead atoms. The minimum atomic E-state index is -3.56. The lowest BCUT2D eigenvalue weighted by molar-refractivity contribution is -0.140. The van der Waals surface area contributed by atoms with Crippen LogP contribution in [0, 0.1) is 13.8 Å². The van der Waals surface area contributed by atoms with Crippen molar-refractivity contribution in [1.29, 1.82) is 0 Å². The molecule has 204 valence electrons. The van der Waals surface area contributed by atoms with Crippen LogP contribution < -0.4 is 9.62 Å². The average Bonchev–Trinajstić information content (AvgIpc) is 2.79. The topological polar surface area (TPSA) is 86.8 Å². The molecule has 0 aromatic heterocycles. The third kappa shape index (κ3) is 9.20. The molecular weight excluding hydrogens is 533 g/mol. The fraction of sp³-hybridized carbons (Fsp3) is 0.481. The number of carbonyl (C=O) groups is 2. The molecule has 0 fully saturated rings. The summed E-state index contributed by atoms with van der Waals surface area (Å²) in [7, 11) is -3.56. The number of anilines is 1. The van der Waals surface area contributed by atoms with Crippen LogP contribution >= 0.6 is 23.2 Å². The van der Waals surface area contributed by atoms with Gasteiger partial charge in [-0.25, -0.2) is 8.42 Å². The lowest BCUT2D eigenvalue weighted by atomic mass is 10.1. The number of hydrogen-bond acceptors (Lipinski definition) is 4.